The molecule has 0 aliphatic carbocycles. The molecule has 0 radical (unpaired) electrons. The highest BCUT2D eigenvalue weighted by atomic mass is 16.5. The van der Waals surface area contributed by atoms with E-state index in [2.05, 4.69) is 10.00 Å². The van der Waals surface area contributed by atoms with Crippen LogP contribution in [-0.2, 0) is 13.6 Å². The number of hydrogen-bond donors (Lipinski definition) is 0. The van der Waals surface area contributed by atoms with Gasteiger partial charge in [0.2, 0.25) is 5.43 Å². The minimum Gasteiger partial charge on any atom is -0.492 e. The molecular weight excluding hydrogens is 378 g/mol. The molecule has 1 aliphatic rings. The largest absolute Gasteiger partial charge is 0.492 e. The Labute approximate surface area is 174 Å². The number of nitrogens with zero attached hydrogens (tertiary/aromatic N) is 3. The molecule has 2 unspecified atom stereocenters. The van der Waals surface area contributed by atoms with Crippen molar-refractivity contribution in [2.45, 2.75) is 19.5 Å². The third kappa shape index (κ3) is 3.62. The number of hydrogen-bond acceptors (Lipinski definition) is 5. The average molecular weight is 401 g/mol. The van der Waals surface area contributed by atoms with Crippen molar-refractivity contribution in [3.05, 3.63) is 82.5 Å². The molecule has 2 atom stereocenters. The Balaban J connectivity index is 1.30. The molecular formula is C24H23N3O3. The minimum atomic E-state index is -0.0173. The SMILES string of the molecule is Cc1oc2cc(OCC3CN3Cc3cnn(C)c3)ccc2c(=O)c1-c1ccccc1. The number of rotatable bonds is 6. The fourth-order valence-corrected chi connectivity index (χ4v) is 3.87. The predicted octanol–water partition coefficient (Wildman–Crippen LogP) is 3.77. The zero-order valence-corrected chi connectivity index (χ0v) is 17.0. The van der Waals surface area contributed by atoms with Crippen molar-refractivity contribution in [1.29, 1.82) is 0 Å². The van der Waals surface area contributed by atoms with Gasteiger partial charge in [0.05, 0.1) is 23.2 Å². The molecule has 0 spiro atoms. The summed E-state index contributed by atoms with van der Waals surface area (Å²) in [6, 6.07) is 15.5. The Morgan fingerprint density at radius 3 is 2.80 bits per heavy atom. The first-order valence-corrected chi connectivity index (χ1v) is 10.1. The summed E-state index contributed by atoms with van der Waals surface area (Å²) in [7, 11) is 1.93. The van der Waals surface area contributed by atoms with Crippen LogP contribution in [0.15, 0.2) is 70.1 Å². The summed E-state index contributed by atoms with van der Waals surface area (Å²) >= 11 is 0. The maximum absolute atomic E-state index is 13.0. The van der Waals surface area contributed by atoms with Crippen molar-refractivity contribution >= 4 is 11.0 Å². The molecule has 1 saturated heterocycles. The fraction of sp³-hybridized carbons (Fsp3) is 0.250. The highest BCUT2D eigenvalue weighted by molar-refractivity contribution is 5.83. The van der Waals surface area contributed by atoms with Gasteiger partial charge in [-0.05, 0) is 24.6 Å². The van der Waals surface area contributed by atoms with E-state index in [4.69, 9.17) is 9.15 Å². The standard InChI is InChI=1S/C24H23N3O3/c1-16-23(18-6-4-3-5-7-18)24(28)21-9-8-20(10-22(21)30-16)29-15-19-14-27(19)13-17-11-25-26(2)12-17/h3-12,19H,13-15H2,1-2H3. The van der Waals surface area contributed by atoms with Gasteiger partial charge in [-0.25, -0.2) is 0 Å². The third-order valence-corrected chi connectivity index (χ3v) is 5.52. The third-order valence-electron chi connectivity index (χ3n) is 5.52. The van der Waals surface area contributed by atoms with Crippen LogP contribution in [0.1, 0.15) is 11.3 Å². The van der Waals surface area contributed by atoms with Crippen LogP contribution >= 0.6 is 0 Å². The van der Waals surface area contributed by atoms with Crippen LogP contribution in [0, 0.1) is 6.92 Å². The van der Waals surface area contributed by atoms with E-state index >= 15 is 0 Å². The van der Waals surface area contributed by atoms with E-state index in [0.717, 1.165) is 18.7 Å². The lowest BCUT2D eigenvalue weighted by Crippen LogP contribution is -2.11. The monoisotopic (exact) mass is 401 g/mol. The molecule has 4 aromatic rings. The van der Waals surface area contributed by atoms with Gasteiger partial charge in [0, 0.05) is 38.0 Å². The molecule has 3 heterocycles. The number of aryl methyl sites for hydroxylation is 2. The Kier molecular flexibility index (Phi) is 4.64. The first-order chi connectivity index (χ1) is 14.6. The van der Waals surface area contributed by atoms with E-state index in [0.29, 0.717) is 40.7 Å². The van der Waals surface area contributed by atoms with Gasteiger partial charge in [0.25, 0.3) is 0 Å². The Bertz CT molecular complexity index is 1260. The van der Waals surface area contributed by atoms with E-state index in [1.165, 1.54) is 5.56 Å². The van der Waals surface area contributed by atoms with E-state index in [1.807, 2.05) is 73.5 Å². The zero-order chi connectivity index (χ0) is 20.7. The lowest BCUT2D eigenvalue weighted by atomic mass is 10.0. The van der Waals surface area contributed by atoms with Crippen LogP contribution in [0.2, 0.25) is 0 Å². The smallest absolute Gasteiger partial charge is 0.200 e. The second-order valence-corrected chi connectivity index (χ2v) is 7.80. The Morgan fingerprint density at radius 2 is 2.03 bits per heavy atom. The summed E-state index contributed by atoms with van der Waals surface area (Å²) in [6.07, 6.45) is 3.93. The second kappa shape index (κ2) is 7.46. The molecule has 0 N–H and O–H groups in total. The van der Waals surface area contributed by atoms with Crippen molar-refractivity contribution in [2.24, 2.45) is 7.05 Å². The van der Waals surface area contributed by atoms with E-state index in [9.17, 15) is 4.79 Å². The van der Waals surface area contributed by atoms with Gasteiger partial charge in [-0.2, -0.15) is 5.10 Å². The van der Waals surface area contributed by atoms with Gasteiger partial charge in [0.15, 0.2) is 0 Å². The lowest BCUT2D eigenvalue weighted by molar-refractivity contribution is 0.293. The van der Waals surface area contributed by atoms with E-state index in [1.54, 1.807) is 6.07 Å². The normalized spacial score (nSPS) is 17.9. The zero-order valence-electron chi connectivity index (χ0n) is 17.0. The van der Waals surface area contributed by atoms with Crippen LogP contribution in [0.25, 0.3) is 22.1 Å². The number of fused-ring (bicyclic) bond motifs is 1. The summed E-state index contributed by atoms with van der Waals surface area (Å²) in [5.74, 6) is 1.33. The first-order valence-electron chi connectivity index (χ1n) is 10.1. The van der Waals surface area contributed by atoms with E-state index in [-0.39, 0.29) is 5.43 Å². The number of benzene rings is 2. The summed E-state index contributed by atoms with van der Waals surface area (Å²) < 4.78 is 13.8. The molecule has 30 heavy (non-hydrogen) atoms. The van der Waals surface area contributed by atoms with Crippen LogP contribution < -0.4 is 10.2 Å². The number of ether oxygens (including phenoxy) is 1. The topological polar surface area (TPSA) is 60.3 Å². The van der Waals surface area contributed by atoms with Gasteiger partial charge in [-0.1, -0.05) is 30.3 Å². The molecule has 5 rings (SSSR count). The van der Waals surface area contributed by atoms with Crippen LogP contribution in [-0.4, -0.2) is 33.9 Å². The quantitative estimate of drug-likeness (QED) is 0.461. The van der Waals surface area contributed by atoms with Gasteiger partial charge in [0.1, 0.15) is 23.7 Å². The lowest BCUT2D eigenvalue weighted by Gasteiger charge is -2.10. The van der Waals surface area contributed by atoms with Gasteiger partial charge in [-0.3, -0.25) is 14.4 Å². The van der Waals surface area contributed by atoms with Crippen molar-refractivity contribution in [3.8, 4) is 16.9 Å². The summed E-state index contributed by atoms with van der Waals surface area (Å²) in [4.78, 5) is 15.4. The summed E-state index contributed by atoms with van der Waals surface area (Å²) in [6.45, 7) is 4.33. The minimum absolute atomic E-state index is 0.0173. The van der Waals surface area contributed by atoms with Gasteiger partial charge < -0.3 is 9.15 Å². The molecule has 1 fully saturated rings. The van der Waals surface area contributed by atoms with Crippen molar-refractivity contribution in [2.75, 3.05) is 13.2 Å². The van der Waals surface area contributed by atoms with Crippen LogP contribution in [0.3, 0.4) is 0 Å². The van der Waals surface area contributed by atoms with Crippen molar-refractivity contribution < 1.29 is 9.15 Å². The molecule has 0 amide bonds. The van der Waals surface area contributed by atoms with Crippen LogP contribution in [0.4, 0.5) is 0 Å². The Hall–Kier alpha value is -3.38. The van der Waals surface area contributed by atoms with Crippen molar-refractivity contribution in [3.63, 3.8) is 0 Å². The molecule has 6 heteroatoms. The summed E-state index contributed by atoms with van der Waals surface area (Å²) in [5, 5.41) is 4.77. The molecule has 2 aromatic heterocycles. The van der Waals surface area contributed by atoms with Crippen molar-refractivity contribution in [1.82, 2.24) is 14.7 Å². The first kappa shape index (κ1) is 18.6. The van der Waals surface area contributed by atoms with Gasteiger partial charge in [-0.15, -0.1) is 0 Å². The van der Waals surface area contributed by atoms with E-state index < -0.39 is 0 Å². The maximum atomic E-state index is 13.0. The van der Waals surface area contributed by atoms with Gasteiger partial charge >= 0.3 is 0 Å². The highest BCUT2D eigenvalue weighted by Crippen LogP contribution is 2.27. The number of aromatic nitrogens is 2. The van der Waals surface area contributed by atoms with Crippen LogP contribution in [0.5, 0.6) is 5.75 Å². The molecule has 1 aliphatic heterocycles. The molecule has 0 saturated carbocycles. The highest BCUT2D eigenvalue weighted by Gasteiger charge is 2.34. The fourth-order valence-electron chi connectivity index (χ4n) is 3.87. The second-order valence-electron chi connectivity index (χ2n) is 7.80. The molecule has 152 valence electrons. The molecule has 6 nitrogen and oxygen atoms in total. The Morgan fingerprint density at radius 1 is 1.20 bits per heavy atom. The molecule has 0 bridgehead atoms. The average Bonchev–Trinajstić information content (AvgIpc) is 3.35. The maximum Gasteiger partial charge on any atom is 0.200 e. The predicted molar refractivity (Wildman–Crippen MR) is 116 cm³/mol. The summed E-state index contributed by atoms with van der Waals surface area (Å²) in [5.41, 5.74) is 3.22. The molecule has 2 aromatic carbocycles.